The molecule has 2 aromatic heterocycles. The zero-order chi connectivity index (χ0) is 18.1. The number of aromatic amines is 1. The van der Waals surface area contributed by atoms with E-state index in [0.717, 1.165) is 42.2 Å². The van der Waals surface area contributed by atoms with Crippen LogP contribution in [0.15, 0.2) is 42.9 Å². The van der Waals surface area contributed by atoms with Gasteiger partial charge in [0.1, 0.15) is 11.6 Å². The molecule has 26 heavy (non-hydrogen) atoms. The molecule has 1 aliphatic heterocycles. The minimum atomic E-state index is -0.0398. The maximum absolute atomic E-state index is 12.8. The lowest BCUT2D eigenvalue weighted by atomic mass is 10.1. The quantitative estimate of drug-likeness (QED) is 0.784. The molecule has 0 unspecified atom stereocenters. The van der Waals surface area contributed by atoms with Crippen molar-refractivity contribution in [3.8, 4) is 17.0 Å². The maximum Gasteiger partial charge on any atom is 0.257 e. The highest BCUT2D eigenvalue weighted by atomic mass is 16.5. The SMILES string of the molecule is COc1cccc(-c2cnc([C@@H]3CCCN3C(=O)c3cnn(C)c3)[nH]2)c1. The molecular formula is C19H21N5O2. The first kappa shape index (κ1) is 16.4. The highest BCUT2D eigenvalue weighted by Gasteiger charge is 2.33. The maximum atomic E-state index is 12.8. The summed E-state index contributed by atoms with van der Waals surface area (Å²) in [6.07, 6.45) is 7.04. The van der Waals surface area contributed by atoms with Crippen molar-refractivity contribution in [2.75, 3.05) is 13.7 Å². The highest BCUT2D eigenvalue weighted by Crippen LogP contribution is 2.33. The van der Waals surface area contributed by atoms with E-state index in [0.29, 0.717) is 5.56 Å². The molecule has 1 aromatic carbocycles. The summed E-state index contributed by atoms with van der Waals surface area (Å²) in [4.78, 5) is 22.6. The van der Waals surface area contributed by atoms with Gasteiger partial charge in [0.05, 0.1) is 36.8 Å². The van der Waals surface area contributed by atoms with Gasteiger partial charge in [-0.25, -0.2) is 4.98 Å². The lowest BCUT2D eigenvalue weighted by molar-refractivity contribution is 0.0730. The second-order valence-corrected chi connectivity index (χ2v) is 6.47. The molecule has 1 amide bonds. The second kappa shape index (κ2) is 6.67. The third-order valence-electron chi connectivity index (χ3n) is 4.76. The van der Waals surface area contributed by atoms with Gasteiger partial charge in [-0.15, -0.1) is 0 Å². The first-order valence-electron chi connectivity index (χ1n) is 8.64. The molecule has 0 radical (unpaired) electrons. The van der Waals surface area contributed by atoms with E-state index >= 15 is 0 Å². The number of benzene rings is 1. The van der Waals surface area contributed by atoms with Crippen LogP contribution in [0.5, 0.6) is 5.75 Å². The van der Waals surface area contributed by atoms with Crippen molar-refractivity contribution < 1.29 is 9.53 Å². The fourth-order valence-corrected chi connectivity index (χ4v) is 3.43. The Labute approximate surface area is 151 Å². The summed E-state index contributed by atoms with van der Waals surface area (Å²) >= 11 is 0. The van der Waals surface area contributed by atoms with E-state index in [1.165, 1.54) is 0 Å². The van der Waals surface area contributed by atoms with E-state index in [4.69, 9.17) is 4.74 Å². The van der Waals surface area contributed by atoms with E-state index in [2.05, 4.69) is 15.1 Å². The molecule has 4 rings (SSSR count). The van der Waals surface area contributed by atoms with Crippen molar-refractivity contribution in [1.29, 1.82) is 0 Å². The van der Waals surface area contributed by atoms with Crippen molar-refractivity contribution in [3.63, 3.8) is 0 Å². The van der Waals surface area contributed by atoms with Crippen LogP contribution in [0.2, 0.25) is 0 Å². The molecule has 3 heterocycles. The average Bonchev–Trinajstić information content (AvgIpc) is 3.40. The molecule has 1 saturated heterocycles. The van der Waals surface area contributed by atoms with E-state index in [1.807, 2.05) is 42.4 Å². The predicted molar refractivity (Wildman–Crippen MR) is 96.8 cm³/mol. The molecule has 0 aliphatic carbocycles. The molecule has 134 valence electrons. The van der Waals surface area contributed by atoms with Crippen LogP contribution in [0.25, 0.3) is 11.3 Å². The number of nitrogens with zero attached hydrogens (tertiary/aromatic N) is 4. The predicted octanol–water partition coefficient (Wildman–Crippen LogP) is 2.80. The van der Waals surface area contributed by atoms with Gasteiger partial charge in [-0.1, -0.05) is 12.1 Å². The van der Waals surface area contributed by atoms with Gasteiger partial charge in [-0.3, -0.25) is 9.48 Å². The van der Waals surface area contributed by atoms with Gasteiger partial charge < -0.3 is 14.6 Å². The number of aromatic nitrogens is 4. The molecule has 1 fully saturated rings. The van der Waals surface area contributed by atoms with Crippen molar-refractivity contribution in [3.05, 3.63) is 54.2 Å². The lowest BCUT2D eigenvalue weighted by Gasteiger charge is -2.22. The number of rotatable bonds is 4. The Kier molecular flexibility index (Phi) is 4.20. The van der Waals surface area contributed by atoms with Crippen LogP contribution in [0.1, 0.15) is 35.1 Å². The first-order chi connectivity index (χ1) is 12.7. The van der Waals surface area contributed by atoms with Crippen molar-refractivity contribution in [2.45, 2.75) is 18.9 Å². The average molecular weight is 351 g/mol. The van der Waals surface area contributed by atoms with Gasteiger partial charge in [0, 0.05) is 25.4 Å². The van der Waals surface area contributed by atoms with Crippen molar-refractivity contribution in [2.24, 2.45) is 7.05 Å². The molecule has 1 atom stereocenters. The zero-order valence-electron chi connectivity index (χ0n) is 14.8. The van der Waals surface area contributed by atoms with E-state index in [9.17, 15) is 4.79 Å². The van der Waals surface area contributed by atoms with E-state index in [-0.39, 0.29) is 11.9 Å². The van der Waals surface area contributed by atoms with Crippen LogP contribution in [0, 0.1) is 0 Å². The molecular weight excluding hydrogens is 330 g/mol. The topological polar surface area (TPSA) is 76.0 Å². The van der Waals surface area contributed by atoms with Crippen LogP contribution in [-0.4, -0.2) is 44.2 Å². The van der Waals surface area contributed by atoms with Gasteiger partial charge in [0.15, 0.2) is 0 Å². The number of aryl methyl sites for hydroxylation is 1. The molecule has 0 bridgehead atoms. The van der Waals surface area contributed by atoms with Gasteiger partial charge in [-0.2, -0.15) is 5.10 Å². The Balaban J connectivity index is 1.59. The van der Waals surface area contributed by atoms with E-state index < -0.39 is 0 Å². The largest absolute Gasteiger partial charge is 0.497 e. The summed E-state index contributed by atoms with van der Waals surface area (Å²) in [7, 11) is 3.46. The summed E-state index contributed by atoms with van der Waals surface area (Å²) in [5.41, 5.74) is 2.53. The van der Waals surface area contributed by atoms with Crippen LogP contribution in [-0.2, 0) is 7.05 Å². The van der Waals surface area contributed by atoms with Gasteiger partial charge in [-0.05, 0) is 25.0 Å². The molecule has 7 heteroatoms. The summed E-state index contributed by atoms with van der Waals surface area (Å²) in [5.74, 6) is 1.62. The monoisotopic (exact) mass is 351 g/mol. The molecule has 0 saturated carbocycles. The number of H-pyrrole nitrogens is 1. The second-order valence-electron chi connectivity index (χ2n) is 6.47. The number of hydrogen-bond acceptors (Lipinski definition) is 4. The summed E-state index contributed by atoms with van der Waals surface area (Å²) in [6, 6.07) is 7.79. The Morgan fingerprint density at radius 3 is 3.00 bits per heavy atom. The minimum Gasteiger partial charge on any atom is -0.497 e. The summed E-state index contributed by atoms with van der Waals surface area (Å²) in [6.45, 7) is 0.730. The Bertz CT molecular complexity index is 929. The fourth-order valence-electron chi connectivity index (χ4n) is 3.43. The van der Waals surface area contributed by atoms with Crippen molar-refractivity contribution in [1.82, 2.24) is 24.6 Å². The van der Waals surface area contributed by atoms with Crippen LogP contribution < -0.4 is 4.74 Å². The normalized spacial score (nSPS) is 16.8. The van der Waals surface area contributed by atoms with Gasteiger partial charge in [0.2, 0.25) is 0 Å². The van der Waals surface area contributed by atoms with E-state index in [1.54, 1.807) is 24.2 Å². The standard InChI is InChI=1S/C19H21N5O2/c1-23-12-14(10-21-23)19(25)24-8-4-7-17(24)18-20-11-16(22-18)13-5-3-6-15(9-13)26-2/h3,5-6,9-12,17H,4,7-8H2,1-2H3,(H,20,22)/t17-/m0/s1. The highest BCUT2D eigenvalue weighted by molar-refractivity contribution is 5.94. The molecule has 1 N–H and O–H groups in total. The number of methoxy groups -OCH3 is 1. The molecule has 1 aliphatic rings. The number of nitrogens with one attached hydrogen (secondary N) is 1. The number of imidazole rings is 1. The number of likely N-dealkylation sites (tertiary alicyclic amines) is 1. The number of carbonyl (C=O) groups excluding carboxylic acids is 1. The molecule has 3 aromatic rings. The van der Waals surface area contributed by atoms with Crippen LogP contribution in [0.4, 0.5) is 0 Å². The molecule has 0 spiro atoms. The Morgan fingerprint density at radius 2 is 2.23 bits per heavy atom. The third-order valence-corrected chi connectivity index (χ3v) is 4.76. The first-order valence-corrected chi connectivity index (χ1v) is 8.64. The zero-order valence-corrected chi connectivity index (χ0v) is 14.8. The van der Waals surface area contributed by atoms with Gasteiger partial charge in [0.25, 0.3) is 5.91 Å². The minimum absolute atomic E-state index is 0.0000645. The fraction of sp³-hybridized carbons (Fsp3) is 0.316. The summed E-state index contributed by atoms with van der Waals surface area (Å²) in [5, 5.41) is 4.10. The number of hydrogen-bond donors (Lipinski definition) is 1. The number of carbonyl (C=O) groups is 1. The number of ether oxygens (including phenoxy) is 1. The number of amides is 1. The smallest absolute Gasteiger partial charge is 0.257 e. The third kappa shape index (κ3) is 2.96. The Hall–Kier alpha value is -3.09. The van der Waals surface area contributed by atoms with Crippen LogP contribution in [0.3, 0.4) is 0 Å². The molecule has 7 nitrogen and oxygen atoms in total. The van der Waals surface area contributed by atoms with Crippen molar-refractivity contribution >= 4 is 5.91 Å². The van der Waals surface area contributed by atoms with Crippen LogP contribution >= 0.6 is 0 Å². The lowest BCUT2D eigenvalue weighted by Crippen LogP contribution is -2.30. The summed E-state index contributed by atoms with van der Waals surface area (Å²) < 4.78 is 6.93. The van der Waals surface area contributed by atoms with Gasteiger partial charge >= 0.3 is 0 Å². The Morgan fingerprint density at radius 1 is 1.35 bits per heavy atom.